The maximum Gasteiger partial charge on any atom is 0.224 e. The lowest BCUT2D eigenvalue weighted by molar-refractivity contribution is 1.15. The highest BCUT2D eigenvalue weighted by atomic mass is 79.9. The first-order valence-corrected chi connectivity index (χ1v) is 5.84. The number of hydrogen-bond acceptors (Lipinski definition) is 3. The number of rotatable bonds is 2. The third-order valence-corrected chi connectivity index (χ3v) is 2.88. The van der Waals surface area contributed by atoms with Crippen molar-refractivity contribution >= 4 is 39.0 Å². The number of aromatic nitrogens is 2. The lowest BCUT2D eigenvalue weighted by Gasteiger charge is -2.09. The fraction of sp³-hybridized carbons (Fsp3) is 0.0909. The average molecular weight is 299 g/mol. The van der Waals surface area contributed by atoms with Crippen LogP contribution < -0.4 is 5.32 Å². The number of aryl methyl sites for hydroxylation is 1. The zero-order valence-electron chi connectivity index (χ0n) is 8.54. The minimum atomic E-state index is 0.222. The SMILES string of the molecule is Cc1ccccc1Nc1nc(Cl)ncc1Br. The summed E-state index contributed by atoms with van der Waals surface area (Å²) >= 11 is 9.11. The summed E-state index contributed by atoms with van der Waals surface area (Å²) in [5.74, 6) is 0.661. The zero-order valence-corrected chi connectivity index (χ0v) is 10.9. The van der Waals surface area contributed by atoms with Crippen molar-refractivity contribution in [2.75, 3.05) is 5.32 Å². The third kappa shape index (κ3) is 2.51. The van der Waals surface area contributed by atoms with Crippen LogP contribution in [-0.2, 0) is 0 Å². The molecule has 1 heterocycles. The lowest BCUT2D eigenvalue weighted by Crippen LogP contribution is -1.97. The fourth-order valence-electron chi connectivity index (χ4n) is 1.27. The Hall–Kier alpha value is -1.13. The van der Waals surface area contributed by atoms with Gasteiger partial charge in [0.05, 0.1) is 4.47 Å². The van der Waals surface area contributed by atoms with Gasteiger partial charge in [0, 0.05) is 11.9 Å². The summed E-state index contributed by atoms with van der Waals surface area (Å²) in [6, 6.07) is 7.96. The summed E-state index contributed by atoms with van der Waals surface area (Å²) in [5, 5.41) is 3.42. The molecule has 2 aromatic rings. The molecule has 1 N–H and O–H groups in total. The first kappa shape index (κ1) is 11.4. The van der Waals surface area contributed by atoms with Gasteiger partial charge in [-0.25, -0.2) is 4.98 Å². The number of anilines is 2. The van der Waals surface area contributed by atoms with Crippen molar-refractivity contribution in [2.45, 2.75) is 6.92 Å². The van der Waals surface area contributed by atoms with Crippen LogP contribution in [0.25, 0.3) is 0 Å². The van der Waals surface area contributed by atoms with Gasteiger partial charge in [-0.15, -0.1) is 0 Å². The second-order valence-corrected chi connectivity index (χ2v) is 4.47. The van der Waals surface area contributed by atoms with E-state index in [1.165, 1.54) is 0 Å². The minimum Gasteiger partial charge on any atom is -0.339 e. The molecule has 3 nitrogen and oxygen atoms in total. The molecule has 2 rings (SSSR count). The molecule has 0 fully saturated rings. The van der Waals surface area contributed by atoms with E-state index in [9.17, 15) is 0 Å². The quantitative estimate of drug-likeness (QED) is 0.853. The van der Waals surface area contributed by atoms with Crippen LogP contribution in [0.1, 0.15) is 5.56 Å². The molecule has 0 radical (unpaired) electrons. The summed E-state index contributed by atoms with van der Waals surface area (Å²) in [5.41, 5.74) is 2.14. The molecule has 0 atom stereocenters. The van der Waals surface area contributed by atoms with Crippen LogP contribution in [0.15, 0.2) is 34.9 Å². The Kier molecular flexibility index (Phi) is 3.41. The van der Waals surface area contributed by atoms with Crippen LogP contribution >= 0.6 is 27.5 Å². The van der Waals surface area contributed by atoms with Gasteiger partial charge in [-0.3, -0.25) is 0 Å². The predicted molar refractivity (Wildman–Crippen MR) is 69.2 cm³/mol. The highest BCUT2D eigenvalue weighted by Gasteiger charge is 2.05. The highest BCUT2D eigenvalue weighted by Crippen LogP contribution is 2.25. The number of nitrogens with one attached hydrogen (secondary N) is 1. The van der Waals surface area contributed by atoms with Crippen molar-refractivity contribution in [3.05, 3.63) is 45.8 Å². The van der Waals surface area contributed by atoms with Gasteiger partial charge in [0.1, 0.15) is 5.82 Å². The fourth-order valence-corrected chi connectivity index (χ4v) is 1.70. The van der Waals surface area contributed by atoms with Gasteiger partial charge in [0.25, 0.3) is 0 Å². The molecule has 0 unspecified atom stereocenters. The van der Waals surface area contributed by atoms with Crippen LogP contribution in [-0.4, -0.2) is 9.97 Å². The van der Waals surface area contributed by atoms with Crippen molar-refractivity contribution in [2.24, 2.45) is 0 Å². The van der Waals surface area contributed by atoms with E-state index in [4.69, 9.17) is 11.6 Å². The number of hydrogen-bond donors (Lipinski definition) is 1. The molecule has 1 aromatic carbocycles. The second-order valence-electron chi connectivity index (χ2n) is 3.28. The van der Waals surface area contributed by atoms with Gasteiger partial charge in [-0.1, -0.05) is 18.2 Å². The van der Waals surface area contributed by atoms with Gasteiger partial charge in [-0.2, -0.15) is 4.98 Å². The molecule has 5 heteroatoms. The van der Waals surface area contributed by atoms with Crippen molar-refractivity contribution in [1.82, 2.24) is 9.97 Å². The average Bonchev–Trinajstić information content (AvgIpc) is 2.27. The molecule has 0 bridgehead atoms. The van der Waals surface area contributed by atoms with Crippen LogP contribution in [0.3, 0.4) is 0 Å². The van der Waals surface area contributed by atoms with Gasteiger partial charge in [-0.05, 0) is 46.1 Å². The smallest absolute Gasteiger partial charge is 0.224 e. The molecule has 0 aliphatic rings. The third-order valence-electron chi connectivity index (χ3n) is 2.11. The zero-order chi connectivity index (χ0) is 11.5. The monoisotopic (exact) mass is 297 g/mol. The molecule has 0 saturated heterocycles. The second kappa shape index (κ2) is 4.80. The van der Waals surface area contributed by atoms with Crippen molar-refractivity contribution in [3.63, 3.8) is 0 Å². The van der Waals surface area contributed by atoms with E-state index < -0.39 is 0 Å². The summed E-state index contributed by atoms with van der Waals surface area (Å²) in [6.45, 7) is 2.03. The van der Waals surface area contributed by atoms with E-state index in [2.05, 4.69) is 31.2 Å². The van der Waals surface area contributed by atoms with Gasteiger partial charge >= 0.3 is 0 Å². The molecule has 0 aliphatic carbocycles. The van der Waals surface area contributed by atoms with Crippen molar-refractivity contribution in [3.8, 4) is 0 Å². The standard InChI is InChI=1S/C11H9BrClN3/c1-7-4-2-3-5-9(7)15-10-8(12)6-14-11(13)16-10/h2-6H,1H3,(H,14,15,16). The molecule has 0 saturated carbocycles. The summed E-state index contributed by atoms with van der Waals surface area (Å²) in [7, 11) is 0. The van der Waals surface area contributed by atoms with Crippen molar-refractivity contribution < 1.29 is 0 Å². The molecule has 16 heavy (non-hydrogen) atoms. The van der Waals surface area contributed by atoms with Gasteiger partial charge in [0.2, 0.25) is 5.28 Å². The highest BCUT2D eigenvalue weighted by molar-refractivity contribution is 9.10. The van der Waals surface area contributed by atoms with Crippen LogP contribution in [0.5, 0.6) is 0 Å². The van der Waals surface area contributed by atoms with E-state index in [0.29, 0.717) is 5.82 Å². The summed E-state index contributed by atoms with van der Waals surface area (Å²) < 4.78 is 0.778. The predicted octanol–water partition coefficient (Wildman–Crippen LogP) is 3.94. The van der Waals surface area contributed by atoms with E-state index in [0.717, 1.165) is 15.7 Å². The molecule has 0 spiro atoms. The summed E-state index contributed by atoms with van der Waals surface area (Å²) in [6.07, 6.45) is 1.62. The van der Waals surface area contributed by atoms with E-state index in [1.807, 2.05) is 31.2 Å². The van der Waals surface area contributed by atoms with E-state index >= 15 is 0 Å². The largest absolute Gasteiger partial charge is 0.339 e. The lowest BCUT2D eigenvalue weighted by atomic mass is 10.2. The Morgan fingerprint density at radius 3 is 2.81 bits per heavy atom. The van der Waals surface area contributed by atoms with Crippen LogP contribution in [0.4, 0.5) is 11.5 Å². The molecular formula is C11H9BrClN3. The number of nitrogens with zero attached hydrogens (tertiary/aromatic N) is 2. The van der Waals surface area contributed by atoms with Crippen LogP contribution in [0.2, 0.25) is 5.28 Å². The first-order chi connectivity index (χ1) is 7.66. The molecule has 1 aromatic heterocycles. The Bertz CT molecular complexity index is 516. The molecule has 0 aliphatic heterocycles. The Balaban J connectivity index is 2.34. The Morgan fingerprint density at radius 2 is 2.06 bits per heavy atom. The Morgan fingerprint density at radius 1 is 1.31 bits per heavy atom. The number of para-hydroxylation sites is 1. The Labute approximate surface area is 107 Å². The number of halogens is 2. The summed E-state index contributed by atoms with van der Waals surface area (Å²) in [4.78, 5) is 7.98. The van der Waals surface area contributed by atoms with Gasteiger partial charge in [0.15, 0.2) is 0 Å². The van der Waals surface area contributed by atoms with Crippen molar-refractivity contribution in [1.29, 1.82) is 0 Å². The number of benzene rings is 1. The first-order valence-electron chi connectivity index (χ1n) is 4.67. The van der Waals surface area contributed by atoms with E-state index in [-0.39, 0.29) is 5.28 Å². The molecule has 82 valence electrons. The molecular weight excluding hydrogens is 289 g/mol. The normalized spacial score (nSPS) is 10.2. The maximum absolute atomic E-state index is 5.74. The minimum absolute atomic E-state index is 0.222. The topological polar surface area (TPSA) is 37.8 Å². The van der Waals surface area contributed by atoms with Crippen LogP contribution in [0, 0.1) is 6.92 Å². The molecule has 0 amide bonds. The van der Waals surface area contributed by atoms with Gasteiger partial charge < -0.3 is 5.32 Å². The van der Waals surface area contributed by atoms with E-state index in [1.54, 1.807) is 6.20 Å². The maximum atomic E-state index is 5.74.